The molecule has 2 aromatic rings. The Kier molecular flexibility index (Phi) is 5.51. The van der Waals surface area contributed by atoms with Gasteiger partial charge in [-0.2, -0.15) is 0 Å². The molecule has 0 aliphatic carbocycles. The van der Waals surface area contributed by atoms with Crippen molar-refractivity contribution in [2.45, 2.75) is 6.82 Å². The van der Waals surface area contributed by atoms with Gasteiger partial charge >= 0.3 is 6.92 Å². The molecule has 0 spiro atoms. The van der Waals surface area contributed by atoms with Gasteiger partial charge in [0.15, 0.2) is 0 Å². The smallest absolute Gasteiger partial charge is 0.320 e. The quantitative estimate of drug-likeness (QED) is 0.680. The third-order valence-corrected chi connectivity index (χ3v) is 3.84. The van der Waals surface area contributed by atoms with Crippen LogP contribution in [-0.2, 0) is 0 Å². The topological polar surface area (TPSA) is 26.7 Å². The average molecular weight is 308 g/mol. The molecule has 0 amide bonds. The van der Waals surface area contributed by atoms with Gasteiger partial charge in [-0.15, -0.1) is 0 Å². The number of nitrogens with zero attached hydrogens (tertiary/aromatic N) is 2. The Morgan fingerprint density at radius 1 is 0.783 bits per heavy atom. The zero-order valence-corrected chi connectivity index (χ0v) is 14.6. The first-order valence-corrected chi connectivity index (χ1v) is 7.82. The standard InChI is InChI=1S/C19H25BN2O/c1-20(23)17-12-16(13-19(14-17)22(4)5)7-6-15-8-10-18(11-9-15)21(2)3/h6-14,23H,1-5H3/b7-6+. The SMILES string of the molecule is CB(O)c1cc(/C=C/c2ccc(N(C)C)cc2)cc(N(C)C)c1. The van der Waals surface area contributed by atoms with Crippen molar-refractivity contribution in [1.82, 2.24) is 0 Å². The van der Waals surface area contributed by atoms with E-state index in [4.69, 9.17) is 0 Å². The summed E-state index contributed by atoms with van der Waals surface area (Å²) in [5.41, 5.74) is 5.45. The van der Waals surface area contributed by atoms with Gasteiger partial charge in [0.05, 0.1) is 0 Å². The van der Waals surface area contributed by atoms with Gasteiger partial charge in [0.25, 0.3) is 0 Å². The van der Waals surface area contributed by atoms with E-state index in [1.807, 2.05) is 40.3 Å². The van der Waals surface area contributed by atoms with Crippen LogP contribution in [0, 0.1) is 0 Å². The summed E-state index contributed by atoms with van der Waals surface area (Å²) in [6, 6.07) is 14.6. The molecule has 0 radical (unpaired) electrons. The molecule has 23 heavy (non-hydrogen) atoms. The van der Waals surface area contributed by atoms with Gasteiger partial charge in [0, 0.05) is 39.6 Å². The monoisotopic (exact) mass is 308 g/mol. The molecular weight excluding hydrogens is 283 g/mol. The Bertz CT molecular complexity index is 650. The highest BCUT2D eigenvalue weighted by atomic mass is 16.2. The molecule has 0 saturated heterocycles. The molecule has 2 aromatic carbocycles. The van der Waals surface area contributed by atoms with Crippen molar-refractivity contribution >= 4 is 35.9 Å². The van der Waals surface area contributed by atoms with E-state index >= 15 is 0 Å². The number of benzene rings is 2. The van der Waals surface area contributed by atoms with Gasteiger partial charge in [0.2, 0.25) is 0 Å². The predicted octanol–water partition coefficient (Wildman–Crippen LogP) is 2.81. The third-order valence-electron chi connectivity index (χ3n) is 3.84. The maximum atomic E-state index is 9.87. The maximum absolute atomic E-state index is 9.87. The summed E-state index contributed by atoms with van der Waals surface area (Å²) in [4.78, 5) is 4.14. The van der Waals surface area contributed by atoms with E-state index in [9.17, 15) is 5.02 Å². The third kappa shape index (κ3) is 4.63. The lowest BCUT2D eigenvalue weighted by molar-refractivity contribution is 0.594. The molecule has 4 heteroatoms. The van der Waals surface area contributed by atoms with Gasteiger partial charge in [-0.25, -0.2) is 0 Å². The summed E-state index contributed by atoms with van der Waals surface area (Å²) in [5, 5.41) is 9.87. The van der Waals surface area contributed by atoms with Gasteiger partial charge < -0.3 is 14.8 Å². The van der Waals surface area contributed by atoms with Crippen molar-refractivity contribution in [2.75, 3.05) is 38.0 Å². The van der Waals surface area contributed by atoms with Gasteiger partial charge in [-0.3, -0.25) is 0 Å². The van der Waals surface area contributed by atoms with Crippen LogP contribution in [0.15, 0.2) is 42.5 Å². The number of anilines is 2. The second-order valence-corrected chi connectivity index (χ2v) is 6.25. The zero-order valence-electron chi connectivity index (χ0n) is 14.6. The molecule has 0 unspecified atom stereocenters. The van der Waals surface area contributed by atoms with Crippen molar-refractivity contribution in [3.8, 4) is 0 Å². The van der Waals surface area contributed by atoms with E-state index in [0.717, 1.165) is 22.3 Å². The fraction of sp³-hybridized carbons (Fsp3) is 0.263. The van der Waals surface area contributed by atoms with Crippen molar-refractivity contribution < 1.29 is 5.02 Å². The molecule has 3 nitrogen and oxygen atoms in total. The lowest BCUT2D eigenvalue weighted by Crippen LogP contribution is -2.27. The van der Waals surface area contributed by atoms with E-state index in [1.165, 1.54) is 5.69 Å². The second-order valence-electron chi connectivity index (χ2n) is 6.25. The average Bonchev–Trinajstić information content (AvgIpc) is 2.52. The van der Waals surface area contributed by atoms with E-state index < -0.39 is 6.92 Å². The lowest BCUT2D eigenvalue weighted by atomic mass is 9.64. The Labute approximate surface area is 140 Å². The first-order chi connectivity index (χ1) is 10.9. The molecule has 0 aliphatic heterocycles. The molecule has 120 valence electrons. The van der Waals surface area contributed by atoms with E-state index in [1.54, 1.807) is 6.82 Å². The summed E-state index contributed by atoms with van der Waals surface area (Å²) >= 11 is 0. The molecule has 2 rings (SSSR count). The highest BCUT2D eigenvalue weighted by Gasteiger charge is 2.09. The molecular formula is C19H25BN2O. The Morgan fingerprint density at radius 2 is 1.35 bits per heavy atom. The zero-order chi connectivity index (χ0) is 17.0. The van der Waals surface area contributed by atoms with Crippen LogP contribution in [0.25, 0.3) is 12.2 Å². The summed E-state index contributed by atoms with van der Waals surface area (Å²) in [5.74, 6) is 0. The molecule has 0 atom stereocenters. The van der Waals surface area contributed by atoms with E-state index in [2.05, 4.69) is 52.3 Å². The van der Waals surface area contributed by atoms with Gasteiger partial charge in [0.1, 0.15) is 0 Å². The Balaban J connectivity index is 2.27. The van der Waals surface area contributed by atoms with Gasteiger partial charge in [-0.1, -0.05) is 37.2 Å². The second kappa shape index (κ2) is 7.38. The highest BCUT2D eigenvalue weighted by molar-refractivity contribution is 6.64. The maximum Gasteiger partial charge on any atom is 0.320 e. The number of hydrogen-bond donors (Lipinski definition) is 1. The largest absolute Gasteiger partial charge is 0.446 e. The van der Waals surface area contributed by atoms with Crippen LogP contribution in [0.3, 0.4) is 0 Å². The number of hydrogen-bond acceptors (Lipinski definition) is 3. The van der Waals surface area contributed by atoms with E-state index in [0.29, 0.717) is 0 Å². The first kappa shape index (κ1) is 17.2. The molecule has 0 saturated carbocycles. The molecule has 0 heterocycles. The first-order valence-electron chi connectivity index (χ1n) is 7.82. The molecule has 0 aromatic heterocycles. The van der Waals surface area contributed by atoms with Crippen LogP contribution in [-0.4, -0.2) is 40.1 Å². The van der Waals surface area contributed by atoms with E-state index in [-0.39, 0.29) is 0 Å². The minimum Gasteiger partial charge on any atom is -0.446 e. The minimum absolute atomic E-state index is 0.471. The van der Waals surface area contributed by atoms with Crippen LogP contribution in [0.1, 0.15) is 11.1 Å². The van der Waals surface area contributed by atoms with Crippen molar-refractivity contribution in [1.29, 1.82) is 0 Å². The fourth-order valence-corrected chi connectivity index (χ4v) is 2.33. The fourth-order valence-electron chi connectivity index (χ4n) is 2.33. The highest BCUT2D eigenvalue weighted by Crippen LogP contribution is 2.17. The van der Waals surface area contributed by atoms with Crippen LogP contribution in [0.2, 0.25) is 6.82 Å². The summed E-state index contributed by atoms with van der Waals surface area (Å²) in [7, 11) is 8.09. The Morgan fingerprint density at radius 3 is 1.87 bits per heavy atom. The summed E-state index contributed by atoms with van der Waals surface area (Å²) < 4.78 is 0. The Hall–Kier alpha value is -2.20. The van der Waals surface area contributed by atoms with Crippen molar-refractivity contribution in [2.24, 2.45) is 0 Å². The molecule has 0 fully saturated rings. The minimum atomic E-state index is -0.471. The van der Waals surface area contributed by atoms with Gasteiger partial charge in [-0.05, 0) is 40.9 Å². The molecule has 1 N–H and O–H groups in total. The van der Waals surface area contributed by atoms with Crippen molar-refractivity contribution in [3.05, 3.63) is 53.6 Å². The molecule has 0 bridgehead atoms. The van der Waals surface area contributed by atoms with Crippen LogP contribution >= 0.6 is 0 Å². The predicted molar refractivity (Wildman–Crippen MR) is 104 cm³/mol. The number of rotatable bonds is 5. The molecule has 0 aliphatic rings. The van der Waals surface area contributed by atoms with Crippen molar-refractivity contribution in [3.63, 3.8) is 0 Å². The van der Waals surface area contributed by atoms with Crippen LogP contribution < -0.4 is 15.3 Å². The van der Waals surface area contributed by atoms with Crippen LogP contribution in [0.4, 0.5) is 11.4 Å². The van der Waals surface area contributed by atoms with Crippen LogP contribution in [0.5, 0.6) is 0 Å². The normalized spacial score (nSPS) is 10.9. The summed E-state index contributed by atoms with van der Waals surface area (Å²) in [6.45, 7) is 1.32. The summed E-state index contributed by atoms with van der Waals surface area (Å²) in [6.07, 6.45) is 4.18. The lowest BCUT2D eigenvalue weighted by Gasteiger charge is -2.15.